The fraction of sp³-hybridized carbons (Fsp3) is 0.875. The van der Waals surface area contributed by atoms with Crippen molar-refractivity contribution in [2.75, 3.05) is 12.8 Å². The molecule has 0 N–H and O–H groups in total. The molecule has 0 aliphatic heterocycles. The molecule has 0 spiro atoms. The van der Waals surface area contributed by atoms with Crippen LogP contribution in [0.5, 0.6) is 0 Å². The standard InChI is InChI=1S/C8H17NS/c1-7(2)5-6-9-8(3)10-4/h7H,5-6H2,1-4H3. The summed E-state index contributed by atoms with van der Waals surface area (Å²) in [6.45, 7) is 7.50. The van der Waals surface area contributed by atoms with E-state index in [0.29, 0.717) is 0 Å². The van der Waals surface area contributed by atoms with Gasteiger partial charge in [0.1, 0.15) is 0 Å². The van der Waals surface area contributed by atoms with Gasteiger partial charge in [-0.3, -0.25) is 4.99 Å². The molecule has 0 unspecified atom stereocenters. The summed E-state index contributed by atoms with van der Waals surface area (Å²) in [6.07, 6.45) is 3.27. The monoisotopic (exact) mass is 159 g/mol. The van der Waals surface area contributed by atoms with Gasteiger partial charge in [0.15, 0.2) is 0 Å². The number of thioether (sulfide) groups is 1. The Kier molecular flexibility index (Phi) is 5.79. The van der Waals surface area contributed by atoms with E-state index < -0.39 is 0 Å². The normalized spacial score (nSPS) is 12.7. The van der Waals surface area contributed by atoms with Crippen molar-refractivity contribution in [3.63, 3.8) is 0 Å². The zero-order valence-electron chi connectivity index (χ0n) is 7.35. The van der Waals surface area contributed by atoms with Crippen molar-refractivity contribution in [2.24, 2.45) is 10.9 Å². The fourth-order valence-electron chi connectivity index (χ4n) is 0.545. The van der Waals surface area contributed by atoms with E-state index in [4.69, 9.17) is 0 Å². The second-order valence-electron chi connectivity index (χ2n) is 2.79. The van der Waals surface area contributed by atoms with Crippen LogP contribution in [0.25, 0.3) is 0 Å². The van der Waals surface area contributed by atoms with Crippen LogP contribution in [0.1, 0.15) is 27.2 Å². The lowest BCUT2D eigenvalue weighted by atomic mass is 10.1. The molecule has 0 aromatic heterocycles. The minimum absolute atomic E-state index is 0.776. The van der Waals surface area contributed by atoms with Crippen LogP contribution in [0, 0.1) is 5.92 Å². The topological polar surface area (TPSA) is 12.4 Å². The summed E-state index contributed by atoms with van der Waals surface area (Å²) in [5, 5.41) is 1.20. The highest BCUT2D eigenvalue weighted by molar-refractivity contribution is 8.13. The van der Waals surface area contributed by atoms with Crippen LogP contribution in [0.2, 0.25) is 0 Å². The van der Waals surface area contributed by atoms with E-state index in [2.05, 4.69) is 32.0 Å². The summed E-state index contributed by atoms with van der Waals surface area (Å²) in [7, 11) is 0. The second-order valence-corrected chi connectivity index (χ2v) is 3.79. The van der Waals surface area contributed by atoms with Crippen molar-refractivity contribution in [3.8, 4) is 0 Å². The number of aliphatic imine (C=N–C) groups is 1. The molecule has 0 atom stereocenters. The van der Waals surface area contributed by atoms with E-state index in [1.54, 1.807) is 11.8 Å². The first-order chi connectivity index (χ1) is 4.66. The lowest BCUT2D eigenvalue weighted by Gasteiger charge is -2.00. The Morgan fingerprint density at radius 3 is 2.50 bits per heavy atom. The van der Waals surface area contributed by atoms with E-state index in [1.165, 1.54) is 11.5 Å². The van der Waals surface area contributed by atoms with Crippen molar-refractivity contribution in [1.29, 1.82) is 0 Å². The number of nitrogens with zero attached hydrogens (tertiary/aromatic N) is 1. The molecule has 0 bridgehead atoms. The van der Waals surface area contributed by atoms with Gasteiger partial charge in [-0.2, -0.15) is 0 Å². The van der Waals surface area contributed by atoms with Crippen LogP contribution in [-0.4, -0.2) is 17.8 Å². The minimum Gasteiger partial charge on any atom is -0.283 e. The quantitative estimate of drug-likeness (QED) is 0.455. The van der Waals surface area contributed by atoms with Gasteiger partial charge in [-0.25, -0.2) is 0 Å². The maximum absolute atomic E-state index is 4.36. The maximum atomic E-state index is 4.36. The van der Waals surface area contributed by atoms with Crippen molar-refractivity contribution in [1.82, 2.24) is 0 Å². The molecule has 0 aliphatic carbocycles. The SMILES string of the molecule is CSC(C)=NCCC(C)C. The first-order valence-electron chi connectivity index (χ1n) is 3.72. The van der Waals surface area contributed by atoms with Gasteiger partial charge in [0, 0.05) is 6.54 Å². The third-order valence-electron chi connectivity index (χ3n) is 1.34. The number of hydrogen-bond donors (Lipinski definition) is 0. The zero-order valence-corrected chi connectivity index (χ0v) is 8.16. The summed E-state index contributed by atoms with van der Waals surface area (Å²) in [6, 6.07) is 0. The minimum atomic E-state index is 0.776. The lowest BCUT2D eigenvalue weighted by Crippen LogP contribution is -1.92. The molecule has 0 rings (SSSR count). The highest BCUT2D eigenvalue weighted by atomic mass is 32.2. The van der Waals surface area contributed by atoms with Crippen molar-refractivity contribution >= 4 is 16.8 Å². The molecule has 0 amide bonds. The summed E-state index contributed by atoms with van der Waals surface area (Å²) < 4.78 is 0. The summed E-state index contributed by atoms with van der Waals surface area (Å²) in [4.78, 5) is 4.36. The molecule has 0 aromatic carbocycles. The molecule has 2 heteroatoms. The van der Waals surface area contributed by atoms with Crippen LogP contribution in [0.15, 0.2) is 4.99 Å². The van der Waals surface area contributed by atoms with Gasteiger partial charge in [0.25, 0.3) is 0 Å². The molecule has 0 radical (unpaired) electrons. The van der Waals surface area contributed by atoms with E-state index in [-0.39, 0.29) is 0 Å². The highest BCUT2D eigenvalue weighted by Gasteiger charge is 1.91. The molecule has 1 nitrogen and oxygen atoms in total. The van der Waals surface area contributed by atoms with Gasteiger partial charge in [-0.1, -0.05) is 13.8 Å². The predicted octanol–water partition coefficient (Wildman–Crippen LogP) is 2.81. The Bertz CT molecular complexity index is 108. The Morgan fingerprint density at radius 2 is 2.10 bits per heavy atom. The number of rotatable bonds is 3. The summed E-state index contributed by atoms with van der Waals surface area (Å²) >= 11 is 1.73. The largest absolute Gasteiger partial charge is 0.283 e. The van der Waals surface area contributed by atoms with E-state index in [9.17, 15) is 0 Å². The third kappa shape index (κ3) is 6.14. The lowest BCUT2D eigenvalue weighted by molar-refractivity contribution is 0.597. The average molecular weight is 159 g/mol. The van der Waals surface area contributed by atoms with Gasteiger partial charge in [0.05, 0.1) is 5.04 Å². The van der Waals surface area contributed by atoms with Crippen LogP contribution in [-0.2, 0) is 0 Å². The first kappa shape index (κ1) is 10.0. The van der Waals surface area contributed by atoms with Crippen LogP contribution in [0.4, 0.5) is 0 Å². The van der Waals surface area contributed by atoms with Gasteiger partial charge in [-0.05, 0) is 25.5 Å². The Labute approximate surface area is 68.3 Å². The summed E-state index contributed by atoms with van der Waals surface area (Å²) in [5.74, 6) is 0.776. The molecule has 10 heavy (non-hydrogen) atoms. The molecule has 0 fully saturated rings. The van der Waals surface area contributed by atoms with Gasteiger partial charge in [-0.15, -0.1) is 11.8 Å². The van der Waals surface area contributed by atoms with Crippen LogP contribution < -0.4 is 0 Å². The smallest absolute Gasteiger partial charge is 0.0642 e. The van der Waals surface area contributed by atoms with Crippen molar-refractivity contribution in [2.45, 2.75) is 27.2 Å². The van der Waals surface area contributed by atoms with E-state index in [0.717, 1.165) is 12.5 Å². The molecule has 0 aromatic rings. The molecule has 0 saturated heterocycles. The molecule has 0 heterocycles. The van der Waals surface area contributed by atoms with Crippen LogP contribution in [0.3, 0.4) is 0 Å². The Morgan fingerprint density at radius 1 is 1.50 bits per heavy atom. The molecular formula is C8H17NS. The molecule has 0 saturated carbocycles. The van der Waals surface area contributed by atoms with Gasteiger partial charge in [0.2, 0.25) is 0 Å². The first-order valence-corrected chi connectivity index (χ1v) is 4.94. The molecule has 0 aliphatic rings. The summed E-state index contributed by atoms with van der Waals surface area (Å²) in [5.41, 5.74) is 0. The average Bonchev–Trinajstić information content (AvgIpc) is 1.87. The van der Waals surface area contributed by atoms with E-state index in [1.807, 2.05) is 0 Å². The Balaban J connectivity index is 3.34. The van der Waals surface area contributed by atoms with Gasteiger partial charge >= 0.3 is 0 Å². The maximum Gasteiger partial charge on any atom is 0.0642 e. The Hall–Kier alpha value is 0.0200. The fourth-order valence-corrected chi connectivity index (χ4v) is 0.765. The molecular weight excluding hydrogens is 142 g/mol. The van der Waals surface area contributed by atoms with Gasteiger partial charge < -0.3 is 0 Å². The highest BCUT2D eigenvalue weighted by Crippen LogP contribution is 2.01. The second kappa shape index (κ2) is 5.78. The van der Waals surface area contributed by atoms with Crippen molar-refractivity contribution in [3.05, 3.63) is 0 Å². The molecule has 60 valence electrons. The predicted molar refractivity (Wildman–Crippen MR) is 50.9 cm³/mol. The zero-order chi connectivity index (χ0) is 7.98. The number of hydrogen-bond acceptors (Lipinski definition) is 2. The van der Waals surface area contributed by atoms with Crippen molar-refractivity contribution < 1.29 is 0 Å². The van der Waals surface area contributed by atoms with E-state index >= 15 is 0 Å². The third-order valence-corrected chi connectivity index (χ3v) is 2.06. The van der Waals surface area contributed by atoms with Crippen LogP contribution >= 0.6 is 11.8 Å².